The number of amides is 2. The number of hydrogen-bond acceptors (Lipinski definition) is 4. The van der Waals surface area contributed by atoms with Crippen LogP contribution < -0.4 is 14.8 Å². The quantitative estimate of drug-likeness (QED) is 0.667. The Bertz CT molecular complexity index is 788. The van der Waals surface area contributed by atoms with Crippen LogP contribution in [0.15, 0.2) is 48.5 Å². The van der Waals surface area contributed by atoms with E-state index in [9.17, 15) is 9.59 Å². The minimum absolute atomic E-state index is 0.0568. The predicted octanol–water partition coefficient (Wildman–Crippen LogP) is 3.19. The molecule has 2 amide bonds. The summed E-state index contributed by atoms with van der Waals surface area (Å²) in [6, 6.07) is 14.7. The first-order valence-electron chi connectivity index (χ1n) is 9.81. The van der Waals surface area contributed by atoms with Gasteiger partial charge < -0.3 is 19.7 Å². The summed E-state index contributed by atoms with van der Waals surface area (Å²) in [5.74, 6) is 1.34. The predicted molar refractivity (Wildman–Crippen MR) is 113 cm³/mol. The van der Waals surface area contributed by atoms with Crippen molar-refractivity contribution < 1.29 is 19.1 Å². The molecule has 0 aliphatic carbocycles. The fraction of sp³-hybridized carbons (Fsp3) is 0.391. The second-order valence-corrected chi connectivity index (χ2v) is 6.79. The van der Waals surface area contributed by atoms with E-state index in [1.807, 2.05) is 48.5 Å². The molecule has 2 rings (SSSR count). The molecule has 0 saturated heterocycles. The summed E-state index contributed by atoms with van der Waals surface area (Å²) in [6.45, 7) is 4.45. The number of methoxy groups -OCH3 is 2. The van der Waals surface area contributed by atoms with Crippen molar-refractivity contribution in [3.8, 4) is 11.5 Å². The third kappa shape index (κ3) is 6.52. The van der Waals surface area contributed by atoms with E-state index in [4.69, 9.17) is 9.47 Å². The third-order valence-electron chi connectivity index (χ3n) is 4.85. The van der Waals surface area contributed by atoms with Gasteiger partial charge in [0.15, 0.2) is 0 Å². The van der Waals surface area contributed by atoms with Crippen LogP contribution in [0.3, 0.4) is 0 Å². The van der Waals surface area contributed by atoms with E-state index < -0.39 is 6.04 Å². The zero-order chi connectivity index (χ0) is 21.2. The van der Waals surface area contributed by atoms with E-state index in [1.165, 1.54) is 0 Å². The van der Waals surface area contributed by atoms with Crippen LogP contribution in [0, 0.1) is 0 Å². The number of carbonyl (C=O) groups is 2. The summed E-state index contributed by atoms with van der Waals surface area (Å²) < 4.78 is 10.3. The molecule has 0 aromatic heterocycles. The molecule has 2 aromatic rings. The fourth-order valence-corrected chi connectivity index (χ4v) is 2.98. The molecule has 0 aliphatic heterocycles. The lowest BCUT2D eigenvalue weighted by Gasteiger charge is -2.28. The Kier molecular flexibility index (Phi) is 8.52. The van der Waals surface area contributed by atoms with Crippen LogP contribution in [0.5, 0.6) is 11.5 Å². The van der Waals surface area contributed by atoms with Gasteiger partial charge in [0.25, 0.3) is 0 Å². The van der Waals surface area contributed by atoms with Crippen molar-refractivity contribution in [1.29, 1.82) is 0 Å². The first kappa shape index (κ1) is 22.3. The van der Waals surface area contributed by atoms with E-state index in [0.29, 0.717) is 25.9 Å². The molecule has 0 aliphatic rings. The SMILES string of the molecule is CCC(=O)N(Cc1ccc(OC)cc1)C(C)C(=O)NCCc1ccc(OC)cc1. The van der Waals surface area contributed by atoms with Crippen LogP contribution in [0.2, 0.25) is 0 Å². The topological polar surface area (TPSA) is 67.9 Å². The zero-order valence-corrected chi connectivity index (χ0v) is 17.6. The number of rotatable bonds is 10. The highest BCUT2D eigenvalue weighted by Crippen LogP contribution is 2.16. The summed E-state index contributed by atoms with van der Waals surface area (Å²) in [5.41, 5.74) is 2.06. The minimum Gasteiger partial charge on any atom is -0.497 e. The Hall–Kier alpha value is -3.02. The van der Waals surface area contributed by atoms with Crippen molar-refractivity contribution >= 4 is 11.8 Å². The number of nitrogens with one attached hydrogen (secondary N) is 1. The van der Waals surface area contributed by atoms with Crippen molar-refractivity contribution in [2.75, 3.05) is 20.8 Å². The molecule has 156 valence electrons. The largest absolute Gasteiger partial charge is 0.497 e. The lowest BCUT2D eigenvalue weighted by atomic mass is 10.1. The maximum atomic E-state index is 12.6. The van der Waals surface area contributed by atoms with Crippen LogP contribution in [0.4, 0.5) is 0 Å². The molecule has 1 atom stereocenters. The molecule has 0 heterocycles. The molecular weight excluding hydrogens is 368 g/mol. The van der Waals surface area contributed by atoms with Crippen LogP contribution in [0.25, 0.3) is 0 Å². The summed E-state index contributed by atoms with van der Waals surface area (Å²) >= 11 is 0. The molecule has 6 nitrogen and oxygen atoms in total. The number of ether oxygens (including phenoxy) is 2. The Labute approximate surface area is 172 Å². The van der Waals surface area contributed by atoms with Crippen LogP contribution >= 0.6 is 0 Å². The standard InChI is InChI=1S/C23H30N2O4/c1-5-22(26)25(16-19-8-12-21(29-4)13-9-19)17(2)23(27)24-15-14-18-6-10-20(28-3)11-7-18/h6-13,17H,5,14-16H2,1-4H3,(H,24,27). The van der Waals surface area contributed by atoms with Gasteiger partial charge in [-0.1, -0.05) is 31.2 Å². The highest BCUT2D eigenvalue weighted by Gasteiger charge is 2.24. The first-order chi connectivity index (χ1) is 14.0. The Morgan fingerprint density at radius 1 is 0.931 bits per heavy atom. The summed E-state index contributed by atoms with van der Waals surface area (Å²) in [7, 11) is 3.24. The highest BCUT2D eigenvalue weighted by atomic mass is 16.5. The van der Waals surface area contributed by atoms with Gasteiger partial charge in [-0.15, -0.1) is 0 Å². The van der Waals surface area contributed by atoms with Gasteiger partial charge in [0, 0.05) is 19.5 Å². The number of carbonyl (C=O) groups excluding carboxylic acids is 2. The minimum atomic E-state index is -0.555. The van der Waals surface area contributed by atoms with E-state index in [2.05, 4.69) is 5.32 Å². The average Bonchev–Trinajstić information content (AvgIpc) is 2.77. The second kappa shape index (κ2) is 11.1. The molecule has 29 heavy (non-hydrogen) atoms. The number of nitrogens with zero attached hydrogens (tertiary/aromatic N) is 1. The molecule has 2 aromatic carbocycles. The van der Waals surface area contributed by atoms with E-state index in [0.717, 1.165) is 22.6 Å². The van der Waals surface area contributed by atoms with Crippen molar-refractivity contribution in [2.45, 2.75) is 39.3 Å². The molecule has 1 N–H and O–H groups in total. The van der Waals surface area contributed by atoms with Crippen LogP contribution in [0.1, 0.15) is 31.4 Å². The molecule has 0 bridgehead atoms. The molecule has 0 fully saturated rings. The van der Waals surface area contributed by atoms with Gasteiger partial charge in [-0.2, -0.15) is 0 Å². The average molecular weight is 399 g/mol. The fourth-order valence-electron chi connectivity index (χ4n) is 2.98. The lowest BCUT2D eigenvalue weighted by Crippen LogP contribution is -2.47. The molecule has 1 unspecified atom stereocenters. The normalized spacial score (nSPS) is 11.4. The third-order valence-corrected chi connectivity index (χ3v) is 4.85. The van der Waals surface area contributed by atoms with E-state index in [1.54, 1.807) is 33.0 Å². The van der Waals surface area contributed by atoms with E-state index >= 15 is 0 Å². The van der Waals surface area contributed by atoms with Crippen molar-refractivity contribution in [1.82, 2.24) is 10.2 Å². The first-order valence-corrected chi connectivity index (χ1v) is 9.81. The lowest BCUT2D eigenvalue weighted by molar-refractivity contribution is -0.140. The Morgan fingerprint density at radius 3 is 1.93 bits per heavy atom. The maximum absolute atomic E-state index is 12.6. The van der Waals surface area contributed by atoms with E-state index in [-0.39, 0.29) is 11.8 Å². The molecule has 0 radical (unpaired) electrons. The Morgan fingerprint density at radius 2 is 1.45 bits per heavy atom. The van der Waals surface area contributed by atoms with Crippen molar-refractivity contribution in [3.05, 3.63) is 59.7 Å². The van der Waals surface area contributed by atoms with Gasteiger partial charge in [0.2, 0.25) is 11.8 Å². The van der Waals surface area contributed by atoms with Crippen molar-refractivity contribution in [2.24, 2.45) is 0 Å². The van der Waals surface area contributed by atoms with Crippen molar-refractivity contribution in [3.63, 3.8) is 0 Å². The summed E-state index contributed by atoms with van der Waals surface area (Å²) in [6.07, 6.45) is 1.06. The van der Waals surface area contributed by atoms with Gasteiger partial charge in [-0.3, -0.25) is 9.59 Å². The van der Waals surface area contributed by atoms with Gasteiger partial charge >= 0.3 is 0 Å². The van der Waals surface area contributed by atoms with Gasteiger partial charge in [-0.25, -0.2) is 0 Å². The maximum Gasteiger partial charge on any atom is 0.242 e. The van der Waals surface area contributed by atoms with Crippen LogP contribution in [-0.4, -0.2) is 43.5 Å². The van der Waals surface area contributed by atoms with Gasteiger partial charge in [0.1, 0.15) is 17.5 Å². The van der Waals surface area contributed by atoms with Gasteiger partial charge in [-0.05, 0) is 48.7 Å². The summed E-state index contributed by atoms with van der Waals surface area (Å²) in [5, 5.41) is 2.94. The zero-order valence-electron chi connectivity index (χ0n) is 17.6. The number of hydrogen-bond donors (Lipinski definition) is 1. The number of benzene rings is 2. The van der Waals surface area contributed by atoms with Gasteiger partial charge in [0.05, 0.1) is 14.2 Å². The highest BCUT2D eigenvalue weighted by molar-refractivity contribution is 5.87. The monoisotopic (exact) mass is 398 g/mol. The molecule has 6 heteroatoms. The smallest absolute Gasteiger partial charge is 0.242 e. The molecular formula is C23H30N2O4. The second-order valence-electron chi connectivity index (χ2n) is 6.79. The Balaban J connectivity index is 1.94. The molecule has 0 saturated carbocycles. The molecule has 0 spiro atoms. The summed E-state index contributed by atoms with van der Waals surface area (Å²) in [4.78, 5) is 26.7. The van der Waals surface area contributed by atoms with Crippen LogP contribution in [-0.2, 0) is 22.6 Å².